The van der Waals surface area contributed by atoms with E-state index in [2.05, 4.69) is 6.07 Å². The summed E-state index contributed by atoms with van der Waals surface area (Å²) in [6.07, 6.45) is 5.15. The molecule has 1 aliphatic heterocycles. The summed E-state index contributed by atoms with van der Waals surface area (Å²) < 4.78 is 22.4. The van der Waals surface area contributed by atoms with Gasteiger partial charge in [-0.15, -0.1) is 0 Å². The molecule has 2 heterocycles. The molecular weight excluding hydrogens is 396 g/mol. The third-order valence-corrected chi connectivity index (χ3v) is 5.96. The molecule has 0 amide bonds. The third-order valence-electron chi connectivity index (χ3n) is 5.96. The van der Waals surface area contributed by atoms with Crippen LogP contribution in [0.4, 0.5) is 0 Å². The zero-order chi connectivity index (χ0) is 21.2. The molecule has 6 heteroatoms. The van der Waals surface area contributed by atoms with Crippen LogP contribution < -0.4 is 10.4 Å². The van der Waals surface area contributed by atoms with Gasteiger partial charge in [0.1, 0.15) is 30.1 Å². The van der Waals surface area contributed by atoms with Gasteiger partial charge in [-0.3, -0.25) is 0 Å². The van der Waals surface area contributed by atoms with Crippen molar-refractivity contribution < 1.29 is 23.4 Å². The second-order valence-electron chi connectivity index (χ2n) is 8.08. The molecule has 0 radical (unpaired) electrons. The highest BCUT2D eigenvalue weighted by Gasteiger charge is 2.20. The van der Waals surface area contributed by atoms with Crippen molar-refractivity contribution in [1.82, 2.24) is 0 Å². The van der Waals surface area contributed by atoms with Crippen molar-refractivity contribution >= 4 is 16.9 Å². The van der Waals surface area contributed by atoms with Gasteiger partial charge in [-0.25, -0.2) is 9.59 Å². The number of carbonyl (C=O) groups is 1. The molecule has 1 atom stereocenters. The highest BCUT2D eigenvalue weighted by atomic mass is 16.5. The van der Waals surface area contributed by atoms with Crippen LogP contribution in [-0.2, 0) is 28.9 Å². The summed E-state index contributed by atoms with van der Waals surface area (Å²) in [6.45, 7) is 1.14. The maximum absolute atomic E-state index is 12.8. The number of para-hydroxylation sites is 1. The molecule has 5 rings (SSSR count). The molecule has 1 aromatic heterocycles. The first kappa shape index (κ1) is 19.8. The summed E-state index contributed by atoms with van der Waals surface area (Å²) in [7, 11) is 0. The van der Waals surface area contributed by atoms with Crippen molar-refractivity contribution in [3.63, 3.8) is 0 Å². The lowest BCUT2D eigenvalue weighted by molar-refractivity contribution is 0.0455. The molecule has 160 valence electrons. The molecular formula is C25H24O6. The smallest absolute Gasteiger partial charge is 0.342 e. The lowest BCUT2D eigenvalue weighted by Gasteiger charge is -2.14. The molecule has 0 unspecified atom stereocenters. The molecule has 1 saturated heterocycles. The highest BCUT2D eigenvalue weighted by Crippen LogP contribution is 2.29. The SMILES string of the molecule is O=C(OCc1cc(=O)oc2cc3c(cc12)CCC3)c1ccccc1OC[C@@H]1CCCO1. The predicted octanol–water partition coefficient (Wildman–Crippen LogP) is 4.20. The second kappa shape index (κ2) is 8.55. The average Bonchev–Trinajstić information content (AvgIpc) is 3.46. The summed E-state index contributed by atoms with van der Waals surface area (Å²) in [5, 5.41) is 0.816. The van der Waals surface area contributed by atoms with Gasteiger partial charge in [0.2, 0.25) is 0 Å². The van der Waals surface area contributed by atoms with Gasteiger partial charge >= 0.3 is 11.6 Å². The Balaban J connectivity index is 1.34. The zero-order valence-electron chi connectivity index (χ0n) is 17.2. The number of esters is 1. The largest absolute Gasteiger partial charge is 0.490 e. The summed E-state index contributed by atoms with van der Waals surface area (Å²) >= 11 is 0. The lowest BCUT2D eigenvalue weighted by Crippen LogP contribution is -2.18. The summed E-state index contributed by atoms with van der Waals surface area (Å²) in [4.78, 5) is 24.9. The minimum Gasteiger partial charge on any atom is -0.490 e. The van der Waals surface area contributed by atoms with Gasteiger partial charge in [-0.1, -0.05) is 12.1 Å². The Labute approximate surface area is 179 Å². The van der Waals surface area contributed by atoms with E-state index in [0.717, 1.165) is 44.1 Å². The van der Waals surface area contributed by atoms with Crippen LogP contribution >= 0.6 is 0 Å². The van der Waals surface area contributed by atoms with E-state index >= 15 is 0 Å². The van der Waals surface area contributed by atoms with Crippen LogP contribution in [0.5, 0.6) is 5.75 Å². The monoisotopic (exact) mass is 420 g/mol. The Bertz CT molecular complexity index is 1170. The molecule has 0 spiro atoms. The minimum atomic E-state index is -0.495. The lowest BCUT2D eigenvalue weighted by atomic mass is 10.0. The molecule has 31 heavy (non-hydrogen) atoms. The third kappa shape index (κ3) is 4.21. The van der Waals surface area contributed by atoms with Crippen molar-refractivity contribution in [3.05, 3.63) is 75.1 Å². The molecule has 1 fully saturated rings. The van der Waals surface area contributed by atoms with Crippen molar-refractivity contribution in [1.29, 1.82) is 0 Å². The van der Waals surface area contributed by atoms with E-state index in [1.54, 1.807) is 18.2 Å². The van der Waals surface area contributed by atoms with Crippen molar-refractivity contribution in [2.45, 2.75) is 44.8 Å². The fourth-order valence-corrected chi connectivity index (χ4v) is 4.35. The second-order valence-corrected chi connectivity index (χ2v) is 8.08. The van der Waals surface area contributed by atoms with E-state index in [9.17, 15) is 9.59 Å². The summed E-state index contributed by atoms with van der Waals surface area (Å²) in [5.74, 6) is -0.0243. The van der Waals surface area contributed by atoms with Crippen LogP contribution in [0.2, 0.25) is 0 Å². The minimum absolute atomic E-state index is 0.0141. The Hall–Kier alpha value is -3.12. The van der Waals surface area contributed by atoms with Gasteiger partial charge in [0, 0.05) is 23.6 Å². The molecule has 0 bridgehead atoms. The maximum Gasteiger partial charge on any atom is 0.342 e. The van der Waals surface area contributed by atoms with Crippen molar-refractivity contribution in [3.8, 4) is 5.75 Å². The molecule has 6 nitrogen and oxygen atoms in total. The molecule has 0 N–H and O–H groups in total. The first-order valence-electron chi connectivity index (χ1n) is 10.8. The fraction of sp³-hybridized carbons (Fsp3) is 0.360. The fourth-order valence-electron chi connectivity index (χ4n) is 4.35. The number of fused-ring (bicyclic) bond motifs is 2. The van der Waals surface area contributed by atoms with Gasteiger partial charge in [0.05, 0.1) is 6.10 Å². The number of ether oxygens (including phenoxy) is 3. The quantitative estimate of drug-likeness (QED) is 0.440. The van der Waals surface area contributed by atoms with Gasteiger partial charge in [-0.2, -0.15) is 0 Å². The highest BCUT2D eigenvalue weighted by molar-refractivity contribution is 5.92. The molecule has 1 aliphatic carbocycles. The van der Waals surface area contributed by atoms with E-state index < -0.39 is 11.6 Å². The average molecular weight is 420 g/mol. The van der Waals surface area contributed by atoms with Gasteiger partial charge < -0.3 is 18.6 Å². The zero-order valence-corrected chi connectivity index (χ0v) is 17.2. The maximum atomic E-state index is 12.8. The Morgan fingerprint density at radius 3 is 2.74 bits per heavy atom. The van der Waals surface area contributed by atoms with Crippen LogP contribution in [0.15, 0.2) is 51.7 Å². The van der Waals surface area contributed by atoms with Gasteiger partial charge in [-0.05, 0) is 67.5 Å². The van der Waals surface area contributed by atoms with Gasteiger partial charge in [0.15, 0.2) is 0 Å². The van der Waals surface area contributed by atoms with E-state index in [0.29, 0.717) is 29.1 Å². The standard InChI is InChI=1S/C25H24O6/c26-24-13-18(21-11-16-5-3-6-17(16)12-23(21)31-24)14-30-25(27)20-8-1-2-9-22(20)29-15-19-7-4-10-28-19/h1-2,8-9,11-13,19H,3-7,10,14-15H2/t19-/m0/s1. The van der Waals surface area contributed by atoms with E-state index in [-0.39, 0.29) is 12.7 Å². The van der Waals surface area contributed by atoms with Crippen LogP contribution in [0.25, 0.3) is 11.0 Å². The van der Waals surface area contributed by atoms with Crippen LogP contribution in [0.3, 0.4) is 0 Å². The van der Waals surface area contributed by atoms with Gasteiger partial charge in [0.25, 0.3) is 0 Å². The van der Waals surface area contributed by atoms with Crippen molar-refractivity contribution in [2.75, 3.05) is 13.2 Å². The Kier molecular flexibility index (Phi) is 5.47. The van der Waals surface area contributed by atoms with Crippen LogP contribution in [0.1, 0.15) is 46.3 Å². The summed E-state index contributed by atoms with van der Waals surface area (Å²) in [5.41, 5.74) is 3.58. The molecule has 2 aliphatic rings. The Morgan fingerprint density at radius 1 is 1.06 bits per heavy atom. The topological polar surface area (TPSA) is 75.0 Å². The number of benzene rings is 2. The Morgan fingerprint density at radius 2 is 1.90 bits per heavy atom. The number of rotatable bonds is 6. The van der Waals surface area contributed by atoms with E-state index in [1.165, 1.54) is 17.2 Å². The molecule has 3 aromatic rings. The van der Waals surface area contributed by atoms with Crippen LogP contribution in [0, 0.1) is 0 Å². The number of aryl methyl sites for hydroxylation is 2. The number of carbonyl (C=O) groups excluding carboxylic acids is 1. The first-order chi connectivity index (χ1) is 15.2. The first-order valence-corrected chi connectivity index (χ1v) is 10.8. The molecule has 0 saturated carbocycles. The summed E-state index contributed by atoms with van der Waals surface area (Å²) in [6, 6.07) is 12.4. The van der Waals surface area contributed by atoms with E-state index in [1.807, 2.05) is 12.1 Å². The predicted molar refractivity (Wildman–Crippen MR) is 115 cm³/mol. The van der Waals surface area contributed by atoms with E-state index in [4.69, 9.17) is 18.6 Å². The number of hydrogen-bond acceptors (Lipinski definition) is 6. The van der Waals surface area contributed by atoms with Crippen LogP contribution in [-0.4, -0.2) is 25.3 Å². The normalized spacial score (nSPS) is 17.6. The molecule has 2 aromatic carbocycles. The van der Waals surface area contributed by atoms with Crippen molar-refractivity contribution in [2.24, 2.45) is 0 Å². The number of hydrogen-bond donors (Lipinski definition) is 0.